The van der Waals surface area contributed by atoms with Crippen LogP contribution in [0.5, 0.6) is 5.75 Å². The minimum Gasteiger partial charge on any atom is -0.492 e. The first-order chi connectivity index (χ1) is 11.4. The summed E-state index contributed by atoms with van der Waals surface area (Å²) in [6.45, 7) is 1.89. The number of benzene rings is 1. The number of methoxy groups -OCH3 is 1. The minimum atomic E-state index is -4.39. The molecule has 8 heteroatoms. The van der Waals surface area contributed by atoms with Crippen LogP contribution < -0.4 is 4.74 Å². The summed E-state index contributed by atoms with van der Waals surface area (Å²) in [4.78, 5) is 13.1. The van der Waals surface area contributed by atoms with Gasteiger partial charge in [-0.25, -0.2) is 4.79 Å². The van der Waals surface area contributed by atoms with Crippen molar-refractivity contribution < 1.29 is 32.2 Å². The van der Waals surface area contributed by atoms with Crippen molar-refractivity contribution in [3.63, 3.8) is 0 Å². The number of hydrogen-bond acceptors (Lipinski definition) is 5. The van der Waals surface area contributed by atoms with Crippen LogP contribution in [0, 0.1) is 0 Å². The highest BCUT2D eigenvalue weighted by Crippen LogP contribution is 2.31. The number of halogens is 3. The zero-order valence-electron chi connectivity index (χ0n) is 13.1. The topological polar surface area (TPSA) is 48.0 Å². The lowest BCUT2D eigenvalue weighted by molar-refractivity contribution is -0.137. The van der Waals surface area contributed by atoms with Crippen molar-refractivity contribution in [1.29, 1.82) is 0 Å². The van der Waals surface area contributed by atoms with Gasteiger partial charge in [-0.3, -0.25) is 4.90 Å². The maximum Gasteiger partial charge on any atom is 0.513 e. The first-order valence-corrected chi connectivity index (χ1v) is 7.36. The van der Waals surface area contributed by atoms with E-state index < -0.39 is 17.9 Å². The molecule has 132 valence electrons. The van der Waals surface area contributed by atoms with Gasteiger partial charge in [0.1, 0.15) is 18.1 Å². The molecule has 2 rings (SSSR count). The van der Waals surface area contributed by atoms with Gasteiger partial charge in [0, 0.05) is 13.1 Å². The summed E-state index contributed by atoms with van der Waals surface area (Å²) in [6.07, 6.45) is -2.66. The van der Waals surface area contributed by atoms with E-state index in [1.807, 2.05) is 4.90 Å². The molecule has 0 aliphatic carbocycles. The molecule has 0 amide bonds. The van der Waals surface area contributed by atoms with E-state index in [1.54, 1.807) is 6.08 Å². The Morgan fingerprint density at radius 1 is 1.33 bits per heavy atom. The van der Waals surface area contributed by atoms with Crippen molar-refractivity contribution >= 4 is 6.16 Å². The summed E-state index contributed by atoms with van der Waals surface area (Å²) in [7, 11) is 1.23. The molecule has 0 fully saturated rings. The summed E-state index contributed by atoms with van der Waals surface area (Å²) in [5.41, 5.74) is -0.741. The number of carbonyl (C=O) groups excluding carboxylic acids is 1. The van der Waals surface area contributed by atoms with Gasteiger partial charge in [0.25, 0.3) is 0 Å². The smallest absolute Gasteiger partial charge is 0.492 e. The Balaban J connectivity index is 1.80. The molecule has 1 heterocycles. The minimum absolute atomic E-state index is 0.170. The van der Waals surface area contributed by atoms with E-state index in [0.717, 1.165) is 18.7 Å². The second-order valence-corrected chi connectivity index (χ2v) is 5.17. The molecule has 0 spiro atoms. The Morgan fingerprint density at radius 2 is 2.12 bits per heavy atom. The highest BCUT2D eigenvalue weighted by Gasteiger charge is 2.30. The third-order valence-corrected chi connectivity index (χ3v) is 3.42. The van der Waals surface area contributed by atoms with Crippen LogP contribution in [-0.4, -0.2) is 44.4 Å². The number of carbonyl (C=O) groups is 1. The van der Waals surface area contributed by atoms with Gasteiger partial charge in [0.05, 0.1) is 19.2 Å². The van der Waals surface area contributed by atoms with E-state index in [2.05, 4.69) is 4.74 Å². The summed E-state index contributed by atoms with van der Waals surface area (Å²) in [5, 5.41) is 0. The van der Waals surface area contributed by atoms with Crippen LogP contribution in [-0.2, 0) is 15.7 Å². The molecule has 0 atom stereocenters. The molecule has 0 unspecified atom stereocenters. The standard InChI is InChI=1S/C16H18F3NO4/c1-22-15(21)24-14-6-3-7-20(11-14)8-9-23-13-5-2-4-12(10-13)16(17,18)19/h2,4-6,10H,3,7-9,11H2,1H3. The normalized spacial score (nSPS) is 15.6. The van der Waals surface area contributed by atoms with Crippen LogP contribution in [0.15, 0.2) is 36.1 Å². The van der Waals surface area contributed by atoms with Gasteiger partial charge in [-0.05, 0) is 30.7 Å². The molecule has 24 heavy (non-hydrogen) atoms. The molecular formula is C16H18F3NO4. The summed E-state index contributed by atoms with van der Waals surface area (Å²) in [6, 6.07) is 4.77. The summed E-state index contributed by atoms with van der Waals surface area (Å²) >= 11 is 0. The maximum atomic E-state index is 12.6. The fourth-order valence-electron chi connectivity index (χ4n) is 2.24. The van der Waals surface area contributed by atoms with Gasteiger partial charge in [0.15, 0.2) is 0 Å². The Bertz CT molecular complexity index is 601. The number of alkyl halides is 3. The van der Waals surface area contributed by atoms with Crippen LogP contribution in [0.4, 0.5) is 18.0 Å². The molecule has 0 N–H and O–H groups in total. The third kappa shape index (κ3) is 5.45. The second-order valence-electron chi connectivity index (χ2n) is 5.17. The number of rotatable bonds is 5. The lowest BCUT2D eigenvalue weighted by Crippen LogP contribution is -2.34. The van der Waals surface area contributed by atoms with Crippen molar-refractivity contribution in [3.05, 3.63) is 41.7 Å². The average molecular weight is 345 g/mol. The Labute approximate surface area is 137 Å². The Morgan fingerprint density at radius 3 is 2.83 bits per heavy atom. The fraction of sp³-hybridized carbons (Fsp3) is 0.438. The molecule has 1 aliphatic rings. The first kappa shape index (κ1) is 18.1. The zero-order chi connectivity index (χ0) is 17.6. The SMILES string of the molecule is COC(=O)OC1=CCCN(CCOc2cccc(C(F)(F)F)c2)C1. The third-order valence-electron chi connectivity index (χ3n) is 3.42. The summed E-state index contributed by atoms with van der Waals surface area (Å²) in [5.74, 6) is 0.663. The quantitative estimate of drug-likeness (QED) is 0.765. The monoisotopic (exact) mass is 345 g/mol. The highest BCUT2D eigenvalue weighted by molar-refractivity contribution is 5.61. The predicted molar refractivity (Wildman–Crippen MR) is 79.6 cm³/mol. The molecule has 0 radical (unpaired) electrons. The van der Waals surface area contributed by atoms with E-state index in [4.69, 9.17) is 9.47 Å². The molecule has 0 saturated heterocycles. The van der Waals surface area contributed by atoms with Crippen LogP contribution in [0.3, 0.4) is 0 Å². The van der Waals surface area contributed by atoms with E-state index in [0.29, 0.717) is 25.3 Å². The van der Waals surface area contributed by atoms with Crippen LogP contribution in [0.1, 0.15) is 12.0 Å². The lowest BCUT2D eigenvalue weighted by atomic mass is 10.2. The van der Waals surface area contributed by atoms with E-state index in [-0.39, 0.29) is 12.4 Å². The van der Waals surface area contributed by atoms with Crippen molar-refractivity contribution in [1.82, 2.24) is 4.90 Å². The molecule has 1 aromatic carbocycles. The van der Waals surface area contributed by atoms with E-state index in [1.165, 1.54) is 19.2 Å². The van der Waals surface area contributed by atoms with Gasteiger partial charge in [0.2, 0.25) is 0 Å². The molecule has 0 saturated carbocycles. The van der Waals surface area contributed by atoms with Crippen LogP contribution in [0.2, 0.25) is 0 Å². The number of hydrogen-bond donors (Lipinski definition) is 0. The summed E-state index contributed by atoms with van der Waals surface area (Å²) < 4.78 is 52.7. The van der Waals surface area contributed by atoms with Gasteiger partial charge < -0.3 is 14.2 Å². The second kappa shape index (κ2) is 8.05. The van der Waals surface area contributed by atoms with Crippen molar-refractivity contribution in [2.45, 2.75) is 12.6 Å². The molecule has 1 aromatic rings. The molecule has 0 bridgehead atoms. The molecule has 0 aromatic heterocycles. The van der Waals surface area contributed by atoms with Crippen LogP contribution >= 0.6 is 0 Å². The molecule has 5 nitrogen and oxygen atoms in total. The fourth-order valence-corrected chi connectivity index (χ4v) is 2.24. The van der Waals surface area contributed by atoms with Gasteiger partial charge in [-0.15, -0.1) is 0 Å². The Kier molecular flexibility index (Phi) is 6.08. The van der Waals surface area contributed by atoms with Crippen molar-refractivity contribution in [2.75, 3.05) is 33.4 Å². The lowest BCUT2D eigenvalue weighted by Gasteiger charge is -2.26. The van der Waals surface area contributed by atoms with E-state index in [9.17, 15) is 18.0 Å². The largest absolute Gasteiger partial charge is 0.513 e. The average Bonchev–Trinajstić information content (AvgIpc) is 2.54. The van der Waals surface area contributed by atoms with Gasteiger partial charge >= 0.3 is 12.3 Å². The zero-order valence-corrected chi connectivity index (χ0v) is 13.1. The molecular weight excluding hydrogens is 327 g/mol. The van der Waals surface area contributed by atoms with Gasteiger partial charge in [-0.2, -0.15) is 13.2 Å². The maximum absolute atomic E-state index is 12.6. The van der Waals surface area contributed by atoms with Crippen molar-refractivity contribution in [2.24, 2.45) is 0 Å². The Hall–Kier alpha value is -2.22. The van der Waals surface area contributed by atoms with Gasteiger partial charge in [-0.1, -0.05) is 6.07 Å². The van der Waals surface area contributed by atoms with Crippen molar-refractivity contribution in [3.8, 4) is 5.75 Å². The van der Waals surface area contributed by atoms with Crippen LogP contribution in [0.25, 0.3) is 0 Å². The number of ether oxygens (including phenoxy) is 3. The van der Waals surface area contributed by atoms with E-state index >= 15 is 0 Å². The highest BCUT2D eigenvalue weighted by atomic mass is 19.4. The predicted octanol–water partition coefficient (Wildman–Crippen LogP) is 3.46. The first-order valence-electron chi connectivity index (χ1n) is 7.36. The number of nitrogens with zero attached hydrogens (tertiary/aromatic N) is 1. The molecule has 1 aliphatic heterocycles.